The lowest BCUT2D eigenvalue weighted by molar-refractivity contribution is -0.144. The number of H-pyrrole nitrogens is 1. The van der Waals surface area contributed by atoms with E-state index in [1.807, 2.05) is 0 Å². The molecule has 1 fully saturated rings. The van der Waals surface area contributed by atoms with Crippen molar-refractivity contribution >= 4 is 24.1 Å². The zero-order valence-electron chi connectivity index (χ0n) is 22.1. The summed E-state index contributed by atoms with van der Waals surface area (Å²) in [7, 11) is 0. The van der Waals surface area contributed by atoms with Gasteiger partial charge in [-0.25, -0.2) is 9.59 Å². The predicted octanol–water partition coefficient (Wildman–Crippen LogP) is -4.16. The minimum absolute atomic E-state index is 0.0679. The summed E-state index contributed by atoms with van der Waals surface area (Å²) < 4.78 is 6.34. The van der Waals surface area contributed by atoms with Crippen molar-refractivity contribution in [3.05, 3.63) is 46.4 Å². The molecule has 3 rings (SSSR count). The number of nitrogens with two attached hydrogens (primary N) is 1. The number of aliphatic hydroxyl groups excluding tert-OH is 4. The molecule has 0 bridgehead atoms. The Morgan fingerprint density at radius 1 is 1.21 bits per heavy atom. The summed E-state index contributed by atoms with van der Waals surface area (Å²) in [5.74, 6) is -5.01. The highest BCUT2D eigenvalue weighted by atomic mass is 16.6. The first-order valence-electron chi connectivity index (χ1n) is 12.6. The van der Waals surface area contributed by atoms with Crippen molar-refractivity contribution in [2.75, 3.05) is 6.61 Å². The first-order chi connectivity index (χ1) is 19.8. The van der Waals surface area contributed by atoms with Gasteiger partial charge in [-0.15, -0.1) is 0 Å². The van der Waals surface area contributed by atoms with E-state index >= 15 is 0 Å². The zero-order valence-corrected chi connectivity index (χ0v) is 22.1. The van der Waals surface area contributed by atoms with Crippen LogP contribution >= 0.6 is 0 Å². The number of carboxylic acids is 1. The van der Waals surface area contributed by atoms with Crippen LogP contribution < -0.4 is 22.1 Å². The molecule has 0 saturated carbocycles. The Bertz CT molecular complexity index is 1330. The molecule has 0 aromatic carbocycles. The molecular formula is C24H32N6O12. The van der Waals surface area contributed by atoms with Crippen molar-refractivity contribution in [2.24, 2.45) is 11.7 Å². The van der Waals surface area contributed by atoms with Gasteiger partial charge in [-0.1, -0.05) is 6.92 Å². The maximum atomic E-state index is 13.3. The molecule has 230 valence electrons. The number of carboxylic acid groups (broad SMARTS) is 1. The van der Waals surface area contributed by atoms with Crippen molar-refractivity contribution in [1.82, 2.24) is 25.2 Å². The third-order valence-electron chi connectivity index (χ3n) is 6.82. The van der Waals surface area contributed by atoms with Gasteiger partial charge in [0.2, 0.25) is 11.8 Å². The molecule has 9 unspecified atom stereocenters. The van der Waals surface area contributed by atoms with Crippen molar-refractivity contribution in [1.29, 1.82) is 0 Å². The molecule has 18 heteroatoms. The van der Waals surface area contributed by atoms with E-state index in [0.29, 0.717) is 6.29 Å². The number of aliphatic hydroxyl groups is 4. The van der Waals surface area contributed by atoms with E-state index in [0.717, 1.165) is 17.0 Å². The summed E-state index contributed by atoms with van der Waals surface area (Å²) in [5, 5.41) is 64.4. The highest BCUT2D eigenvalue weighted by Gasteiger charge is 2.51. The van der Waals surface area contributed by atoms with Crippen LogP contribution in [0.25, 0.3) is 0 Å². The van der Waals surface area contributed by atoms with Gasteiger partial charge >= 0.3 is 11.7 Å². The van der Waals surface area contributed by atoms with E-state index in [-0.39, 0.29) is 17.1 Å². The van der Waals surface area contributed by atoms with Crippen LogP contribution in [-0.4, -0.2) is 112 Å². The Morgan fingerprint density at radius 2 is 1.90 bits per heavy atom. The van der Waals surface area contributed by atoms with Gasteiger partial charge in [0.1, 0.15) is 42.2 Å². The number of ether oxygens (including phenoxy) is 1. The number of aromatic nitrogens is 3. The van der Waals surface area contributed by atoms with E-state index in [9.17, 15) is 54.6 Å². The lowest BCUT2D eigenvalue weighted by Crippen LogP contribution is -2.61. The lowest BCUT2D eigenvalue weighted by Gasteiger charge is -2.30. The number of hydrogen-bond acceptors (Lipinski definition) is 13. The molecular weight excluding hydrogens is 564 g/mol. The molecule has 2 aromatic rings. The fraction of sp³-hybridized carbons (Fsp3) is 0.500. The van der Waals surface area contributed by atoms with Crippen LogP contribution in [0.4, 0.5) is 0 Å². The smallest absolute Gasteiger partial charge is 0.328 e. The SMILES string of the molecule is CC(C(N)C(=O)NC(C(=O)NC(CCO)C(=O)O)C1OC(n2cc(C=O)[nH]c2=O)C(O)C1O)C(O)c1ccc(O)cn1. The molecule has 1 saturated heterocycles. The van der Waals surface area contributed by atoms with Crippen LogP contribution in [0.2, 0.25) is 0 Å². The summed E-state index contributed by atoms with van der Waals surface area (Å²) in [5.41, 5.74) is 5.03. The Balaban J connectivity index is 1.89. The second-order valence-electron chi connectivity index (χ2n) is 9.68. The second-order valence-corrected chi connectivity index (χ2v) is 9.68. The van der Waals surface area contributed by atoms with Gasteiger partial charge in [-0.2, -0.15) is 0 Å². The van der Waals surface area contributed by atoms with Crippen LogP contribution in [0.3, 0.4) is 0 Å². The van der Waals surface area contributed by atoms with Gasteiger partial charge in [-0.3, -0.25) is 23.9 Å². The summed E-state index contributed by atoms with van der Waals surface area (Å²) >= 11 is 0. The third kappa shape index (κ3) is 6.98. The predicted molar refractivity (Wildman–Crippen MR) is 138 cm³/mol. The summed E-state index contributed by atoms with van der Waals surface area (Å²) in [6, 6.07) is -2.52. The van der Waals surface area contributed by atoms with Crippen molar-refractivity contribution in [2.45, 2.75) is 62.1 Å². The first-order valence-corrected chi connectivity index (χ1v) is 12.6. The number of nitrogens with zero attached hydrogens (tertiary/aromatic N) is 2. The number of aldehydes is 1. The van der Waals surface area contributed by atoms with Crippen molar-refractivity contribution < 1.29 is 54.6 Å². The number of imidazole rings is 1. The molecule has 9 atom stereocenters. The van der Waals surface area contributed by atoms with Crippen LogP contribution in [0.5, 0.6) is 5.75 Å². The highest BCUT2D eigenvalue weighted by Crippen LogP contribution is 2.31. The van der Waals surface area contributed by atoms with E-state index in [1.54, 1.807) is 0 Å². The van der Waals surface area contributed by atoms with Gasteiger partial charge in [0.15, 0.2) is 12.5 Å². The molecule has 18 nitrogen and oxygen atoms in total. The first kappa shape index (κ1) is 32.3. The van der Waals surface area contributed by atoms with Crippen molar-refractivity contribution in [3.8, 4) is 5.75 Å². The van der Waals surface area contributed by atoms with Crippen LogP contribution in [0, 0.1) is 5.92 Å². The Kier molecular flexibility index (Phi) is 10.5. The molecule has 3 heterocycles. The van der Waals surface area contributed by atoms with Crippen LogP contribution in [0.1, 0.15) is 41.9 Å². The van der Waals surface area contributed by atoms with E-state index in [4.69, 9.17) is 10.5 Å². The summed E-state index contributed by atoms with van der Waals surface area (Å²) in [6.07, 6.45) is -6.69. The normalized spacial score (nSPS) is 23.8. The Labute approximate surface area is 236 Å². The summed E-state index contributed by atoms with van der Waals surface area (Å²) in [4.78, 5) is 67.4. The Hall–Kier alpha value is -4.20. The fourth-order valence-corrected chi connectivity index (χ4v) is 4.34. The number of carbonyl (C=O) groups excluding carboxylic acids is 3. The average molecular weight is 597 g/mol. The molecule has 2 amide bonds. The van der Waals surface area contributed by atoms with Crippen LogP contribution in [0.15, 0.2) is 29.3 Å². The summed E-state index contributed by atoms with van der Waals surface area (Å²) in [6.45, 7) is 0.766. The fourth-order valence-electron chi connectivity index (χ4n) is 4.34. The molecule has 2 aromatic heterocycles. The van der Waals surface area contributed by atoms with Gasteiger partial charge in [-0.05, 0) is 12.1 Å². The van der Waals surface area contributed by atoms with E-state index < -0.39 is 91.2 Å². The molecule has 11 N–H and O–H groups in total. The molecule has 0 radical (unpaired) electrons. The lowest BCUT2D eigenvalue weighted by atomic mass is 9.92. The number of hydrogen-bond donors (Lipinski definition) is 10. The van der Waals surface area contributed by atoms with E-state index in [2.05, 4.69) is 20.6 Å². The maximum Gasteiger partial charge on any atom is 0.328 e. The topological polar surface area (TPSA) is 300 Å². The molecule has 0 spiro atoms. The largest absolute Gasteiger partial charge is 0.506 e. The number of aliphatic carboxylic acids is 1. The monoisotopic (exact) mass is 596 g/mol. The number of pyridine rings is 1. The standard InChI is InChI=1S/C24H32N6O12/c1-9(16(34)12-3-2-11(33)6-26-12)14(25)20(37)29-15(21(38)28-13(4-5-31)23(39)40)19-17(35)18(36)22(42-19)30-7-10(8-32)27-24(30)41/h2-3,6-9,13-19,22,31,33-36H,4-5,25H2,1H3,(H,27,41)(H,28,38)(H,29,37)(H,39,40). The maximum absolute atomic E-state index is 13.3. The zero-order chi connectivity index (χ0) is 31.3. The number of nitrogens with one attached hydrogen (secondary N) is 3. The van der Waals surface area contributed by atoms with Gasteiger partial charge in [0.05, 0.1) is 23.6 Å². The number of rotatable bonds is 13. The number of aromatic hydroxyl groups is 1. The minimum Gasteiger partial charge on any atom is -0.506 e. The number of aromatic amines is 1. The third-order valence-corrected chi connectivity index (χ3v) is 6.82. The highest BCUT2D eigenvalue weighted by molar-refractivity contribution is 5.92. The average Bonchev–Trinajstić information content (AvgIpc) is 3.48. The minimum atomic E-state index is -1.94. The van der Waals surface area contributed by atoms with Gasteiger partial charge in [0.25, 0.3) is 0 Å². The number of amides is 2. The van der Waals surface area contributed by atoms with E-state index in [1.165, 1.54) is 19.1 Å². The Morgan fingerprint density at radius 3 is 2.45 bits per heavy atom. The van der Waals surface area contributed by atoms with Gasteiger partial charge in [0, 0.05) is 25.1 Å². The van der Waals surface area contributed by atoms with Gasteiger partial charge < -0.3 is 56.7 Å². The molecule has 42 heavy (non-hydrogen) atoms. The number of carbonyl (C=O) groups is 4. The molecule has 0 aliphatic carbocycles. The molecule has 1 aliphatic rings. The second kappa shape index (κ2) is 13.6. The van der Waals surface area contributed by atoms with Crippen molar-refractivity contribution in [3.63, 3.8) is 0 Å². The van der Waals surface area contributed by atoms with Crippen LogP contribution in [-0.2, 0) is 19.1 Å². The molecule has 1 aliphatic heterocycles. The quantitative estimate of drug-likeness (QED) is 0.0982.